The summed E-state index contributed by atoms with van der Waals surface area (Å²) in [5.74, 6) is 0.0140. The summed E-state index contributed by atoms with van der Waals surface area (Å²) >= 11 is 0. The summed E-state index contributed by atoms with van der Waals surface area (Å²) in [5.41, 5.74) is 3.91. The van der Waals surface area contributed by atoms with Crippen LogP contribution in [0.1, 0.15) is 28.7 Å². The minimum absolute atomic E-state index is 0.0140. The zero-order chi connectivity index (χ0) is 15.7. The zero-order valence-electron chi connectivity index (χ0n) is 13.3. The summed E-state index contributed by atoms with van der Waals surface area (Å²) in [5, 5.41) is 6.91. The molecule has 0 bridgehead atoms. The van der Waals surface area contributed by atoms with Crippen LogP contribution in [0.25, 0.3) is 0 Å². The van der Waals surface area contributed by atoms with Crippen molar-refractivity contribution in [2.75, 3.05) is 24.5 Å². The van der Waals surface area contributed by atoms with Gasteiger partial charge in [-0.15, -0.1) is 0 Å². The molecule has 0 aliphatic carbocycles. The second-order valence-electron chi connectivity index (χ2n) is 6.07. The van der Waals surface area contributed by atoms with Crippen LogP contribution in [0.4, 0.5) is 5.69 Å². The first-order chi connectivity index (χ1) is 10.5. The smallest absolute Gasteiger partial charge is 0.274 e. The minimum atomic E-state index is 0.0140. The van der Waals surface area contributed by atoms with Gasteiger partial charge >= 0.3 is 0 Å². The largest absolute Gasteiger partial charge is 0.365 e. The number of aromatic amines is 1. The number of rotatable bonds is 2. The van der Waals surface area contributed by atoms with Crippen LogP contribution in [-0.2, 0) is 0 Å². The Morgan fingerprint density at radius 1 is 1.27 bits per heavy atom. The van der Waals surface area contributed by atoms with Gasteiger partial charge in [0.2, 0.25) is 0 Å². The van der Waals surface area contributed by atoms with E-state index in [0.717, 1.165) is 25.3 Å². The third-order valence-corrected chi connectivity index (χ3v) is 4.17. The number of aromatic nitrogens is 2. The SMILES string of the molecule is Cc1cccc(N2CCN(C(=O)c3cc(C)[nH]n3)CC2C)c1. The Morgan fingerprint density at radius 3 is 2.73 bits per heavy atom. The number of carbonyl (C=O) groups excluding carboxylic acids is 1. The molecule has 1 fully saturated rings. The molecule has 1 atom stereocenters. The Bertz CT molecular complexity index is 679. The average Bonchev–Trinajstić information content (AvgIpc) is 2.93. The van der Waals surface area contributed by atoms with Gasteiger partial charge in [0.1, 0.15) is 5.69 Å². The first kappa shape index (κ1) is 14.6. The van der Waals surface area contributed by atoms with Crippen LogP contribution in [0.3, 0.4) is 0 Å². The molecule has 5 heteroatoms. The molecular weight excluding hydrogens is 276 g/mol. The van der Waals surface area contributed by atoms with Crippen molar-refractivity contribution in [1.29, 1.82) is 0 Å². The fraction of sp³-hybridized carbons (Fsp3) is 0.412. The first-order valence-electron chi connectivity index (χ1n) is 7.69. The molecule has 0 spiro atoms. The second kappa shape index (κ2) is 5.83. The lowest BCUT2D eigenvalue weighted by Crippen LogP contribution is -2.53. The zero-order valence-corrected chi connectivity index (χ0v) is 13.3. The van der Waals surface area contributed by atoms with Crippen LogP contribution < -0.4 is 4.90 Å². The van der Waals surface area contributed by atoms with Gasteiger partial charge < -0.3 is 9.80 Å². The minimum Gasteiger partial charge on any atom is -0.365 e. The number of hydrogen-bond acceptors (Lipinski definition) is 3. The number of H-pyrrole nitrogens is 1. The van der Waals surface area contributed by atoms with Crippen molar-refractivity contribution in [3.63, 3.8) is 0 Å². The molecule has 3 rings (SSSR count). The maximum atomic E-state index is 12.5. The summed E-state index contributed by atoms with van der Waals surface area (Å²) in [4.78, 5) is 16.7. The predicted octanol–water partition coefficient (Wildman–Crippen LogP) is 2.38. The summed E-state index contributed by atoms with van der Waals surface area (Å²) in [7, 11) is 0. The van der Waals surface area contributed by atoms with Gasteiger partial charge in [0, 0.05) is 37.1 Å². The van der Waals surface area contributed by atoms with Crippen LogP contribution >= 0.6 is 0 Å². The molecule has 2 aromatic rings. The lowest BCUT2D eigenvalue weighted by molar-refractivity contribution is 0.0720. The molecule has 1 unspecified atom stereocenters. The van der Waals surface area contributed by atoms with Crippen LogP contribution in [0, 0.1) is 13.8 Å². The van der Waals surface area contributed by atoms with Crippen LogP contribution in [0.5, 0.6) is 0 Å². The number of nitrogens with zero attached hydrogens (tertiary/aromatic N) is 3. The number of carbonyl (C=O) groups is 1. The molecule has 1 amide bonds. The predicted molar refractivity (Wildman–Crippen MR) is 87.2 cm³/mol. The highest BCUT2D eigenvalue weighted by atomic mass is 16.2. The van der Waals surface area contributed by atoms with Gasteiger partial charge in [-0.25, -0.2) is 0 Å². The van der Waals surface area contributed by atoms with Crippen molar-refractivity contribution < 1.29 is 4.79 Å². The maximum Gasteiger partial charge on any atom is 0.274 e. The molecule has 22 heavy (non-hydrogen) atoms. The second-order valence-corrected chi connectivity index (χ2v) is 6.07. The van der Waals surface area contributed by atoms with Crippen molar-refractivity contribution in [2.45, 2.75) is 26.8 Å². The molecule has 5 nitrogen and oxygen atoms in total. The Kier molecular flexibility index (Phi) is 3.88. The van der Waals surface area contributed by atoms with E-state index in [9.17, 15) is 4.79 Å². The number of benzene rings is 1. The Morgan fingerprint density at radius 2 is 2.09 bits per heavy atom. The quantitative estimate of drug-likeness (QED) is 0.926. The van der Waals surface area contributed by atoms with E-state index in [1.807, 2.05) is 11.8 Å². The Balaban J connectivity index is 1.71. The molecule has 1 N–H and O–H groups in total. The van der Waals surface area contributed by atoms with Crippen molar-refractivity contribution >= 4 is 11.6 Å². The van der Waals surface area contributed by atoms with Gasteiger partial charge in [0.15, 0.2) is 0 Å². The van der Waals surface area contributed by atoms with E-state index in [-0.39, 0.29) is 5.91 Å². The molecule has 0 saturated carbocycles. The Hall–Kier alpha value is -2.30. The molecule has 0 radical (unpaired) electrons. The molecule has 1 aliphatic heterocycles. The van der Waals surface area contributed by atoms with Gasteiger partial charge in [-0.1, -0.05) is 12.1 Å². The van der Waals surface area contributed by atoms with E-state index in [0.29, 0.717) is 11.7 Å². The van der Waals surface area contributed by atoms with E-state index in [1.54, 1.807) is 6.07 Å². The van der Waals surface area contributed by atoms with Crippen molar-refractivity contribution in [3.05, 3.63) is 47.3 Å². The molecule has 1 saturated heterocycles. The lowest BCUT2D eigenvalue weighted by atomic mass is 10.1. The number of aryl methyl sites for hydroxylation is 2. The fourth-order valence-electron chi connectivity index (χ4n) is 3.02. The molecule has 116 valence electrons. The highest BCUT2D eigenvalue weighted by Gasteiger charge is 2.28. The van der Waals surface area contributed by atoms with E-state index in [1.165, 1.54) is 11.3 Å². The van der Waals surface area contributed by atoms with Crippen molar-refractivity contribution in [2.24, 2.45) is 0 Å². The number of hydrogen-bond donors (Lipinski definition) is 1. The topological polar surface area (TPSA) is 52.2 Å². The van der Waals surface area contributed by atoms with Crippen LogP contribution in [-0.4, -0.2) is 46.7 Å². The number of nitrogens with one attached hydrogen (secondary N) is 1. The number of anilines is 1. The molecule has 1 aliphatic rings. The molecular formula is C17H22N4O. The lowest BCUT2D eigenvalue weighted by Gasteiger charge is -2.41. The molecule has 1 aromatic heterocycles. The van der Waals surface area contributed by atoms with Gasteiger partial charge in [-0.2, -0.15) is 5.10 Å². The summed E-state index contributed by atoms with van der Waals surface area (Å²) in [6.45, 7) is 8.47. The van der Waals surface area contributed by atoms with Crippen LogP contribution in [0.2, 0.25) is 0 Å². The Labute approximate surface area is 130 Å². The summed E-state index contributed by atoms with van der Waals surface area (Å²) < 4.78 is 0. The number of piperazine rings is 1. The first-order valence-corrected chi connectivity index (χ1v) is 7.69. The molecule has 1 aromatic carbocycles. The third kappa shape index (κ3) is 2.84. The van der Waals surface area contributed by atoms with Crippen molar-refractivity contribution in [3.8, 4) is 0 Å². The van der Waals surface area contributed by atoms with Gasteiger partial charge in [-0.05, 0) is 44.5 Å². The number of amides is 1. The van der Waals surface area contributed by atoms with Gasteiger partial charge in [0.05, 0.1) is 0 Å². The summed E-state index contributed by atoms with van der Waals surface area (Å²) in [6.07, 6.45) is 0. The highest BCUT2D eigenvalue weighted by molar-refractivity contribution is 5.92. The van der Waals surface area contributed by atoms with Crippen molar-refractivity contribution in [1.82, 2.24) is 15.1 Å². The van der Waals surface area contributed by atoms with Gasteiger partial charge in [0.25, 0.3) is 5.91 Å². The highest BCUT2D eigenvalue weighted by Crippen LogP contribution is 2.22. The van der Waals surface area contributed by atoms with Gasteiger partial charge in [-0.3, -0.25) is 9.89 Å². The average molecular weight is 298 g/mol. The normalized spacial score (nSPS) is 18.6. The van der Waals surface area contributed by atoms with Crippen LogP contribution in [0.15, 0.2) is 30.3 Å². The standard InChI is InChI=1S/C17H22N4O/c1-12-5-4-6-15(9-12)21-8-7-20(11-14(21)3)17(22)16-10-13(2)18-19-16/h4-6,9-10,14H,7-8,11H2,1-3H3,(H,18,19). The third-order valence-electron chi connectivity index (χ3n) is 4.17. The fourth-order valence-corrected chi connectivity index (χ4v) is 3.02. The van der Waals surface area contributed by atoms with E-state index in [2.05, 4.69) is 53.2 Å². The molecule has 2 heterocycles. The van der Waals surface area contributed by atoms with E-state index >= 15 is 0 Å². The monoisotopic (exact) mass is 298 g/mol. The maximum absolute atomic E-state index is 12.5. The van der Waals surface area contributed by atoms with E-state index in [4.69, 9.17) is 0 Å². The van der Waals surface area contributed by atoms with E-state index < -0.39 is 0 Å². The summed E-state index contributed by atoms with van der Waals surface area (Å²) in [6, 6.07) is 10.6.